The molecule has 5 heteroatoms. The maximum absolute atomic E-state index is 11.0. The molecule has 19 heavy (non-hydrogen) atoms. The Bertz CT molecular complexity index is 432. The van der Waals surface area contributed by atoms with Crippen molar-refractivity contribution in [2.75, 3.05) is 13.2 Å². The summed E-state index contributed by atoms with van der Waals surface area (Å²) in [6.07, 6.45) is 3.20. The van der Waals surface area contributed by atoms with Crippen molar-refractivity contribution in [1.82, 2.24) is 0 Å². The molecular weight excluding hydrogens is 312 g/mol. The first-order chi connectivity index (χ1) is 9.10. The second kappa shape index (κ2) is 8.04. The highest BCUT2D eigenvalue weighted by Crippen LogP contribution is 2.37. The highest BCUT2D eigenvalue weighted by Gasteiger charge is 2.15. The topological polar surface area (TPSA) is 55.8 Å². The molecule has 0 amide bonds. The van der Waals surface area contributed by atoms with Crippen LogP contribution < -0.4 is 9.47 Å². The van der Waals surface area contributed by atoms with Crippen LogP contribution in [0.25, 0.3) is 0 Å². The van der Waals surface area contributed by atoms with Crippen molar-refractivity contribution in [3.63, 3.8) is 0 Å². The molecule has 0 aliphatic heterocycles. The molecule has 106 valence electrons. The number of halogens is 1. The molecule has 0 heterocycles. The van der Waals surface area contributed by atoms with Gasteiger partial charge in [-0.15, -0.1) is 0 Å². The lowest BCUT2D eigenvalue weighted by molar-refractivity contribution is 0.0696. The van der Waals surface area contributed by atoms with Crippen LogP contribution in [0.2, 0.25) is 0 Å². The molecule has 1 aromatic rings. The summed E-state index contributed by atoms with van der Waals surface area (Å²) in [5, 5.41) is 9.02. The predicted molar refractivity (Wildman–Crippen MR) is 77.3 cm³/mol. The van der Waals surface area contributed by atoms with Crippen LogP contribution in [0.1, 0.15) is 43.5 Å². The molecule has 4 nitrogen and oxygen atoms in total. The molecule has 0 aromatic heterocycles. The molecule has 0 saturated heterocycles. The summed E-state index contributed by atoms with van der Waals surface area (Å²) in [6, 6.07) is 3.02. The van der Waals surface area contributed by atoms with Crippen molar-refractivity contribution in [2.24, 2.45) is 0 Å². The van der Waals surface area contributed by atoms with Crippen LogP contribution >= 0.6 is 15.9 Å². The average molecular weight is 331 g/mol. The van der Waals surface area contributed by atoms with E-state index in [1.165, 1.54) is 12.1 Å². The maximum atomic E-state index is 11.0. The number of aromatic carboxylic acids is 1. The van der Waals surface area contributed by atoms with Crippen molar-refractivity contribution in [3.05, 3.63) is 22.2 Å². The lowest BCUT2D eigenvalue weighted by Crippen LogP contribution is -2.04. The van der Waals surface area contributed by atoms with Gasteiger partial charge in [0.15, 0.2) is 11.5 Å². The quantitative estimate of drug-likeness (QED) is 0.728. The summed E-state index contributed by atoms with van der Waals surface area (Å²) in [5.41, 5.74) is 0.177. The van der Waals surface area contributed by atoms with Gasteiger partial charge in [-0.25, -0.2) is 4.79 Å². The molecule has 1 rings (SSSR count). The van der Waals surface area contributed by atoms with Gasteiger partial charge in [-0.3, -0.25) is 0 Å². The van der Waals surface area contributed by atoms with Gasteiger partial charge in [0.05, 0.1) is 23.2 Å². The third kappa shape index (κ3) is 4.74. The van der Waals surface area contributed by atoms with Crippen LogP contribution in [0.5, 0.6) is 11.5 Å². The van der Waals surface area contributed by atoms with Crippen LogP contribution in [-0.4, -0.2) is 24.3 Å². The fraction of sp³-hybridized carbons (Fsp3) is 0.500. The summed E-state index contributed by atoms with van der Waals surface area (Å²) in [5.74, 6) is 0.0490. The highest BCUT2D eigenvalue weighted by molar-refractivity contribution is 9.10. The first-order valence-corrected chi connectivity index (χ1v) is 7.21. The summed E-state index contributed by atoms with van der Waals surface area (Å²) in [6.45, 7) is 5.03. The van der Waals surface area contributed by atoms with Gasteiger partial charge in [0.25, 0.3) is 0 Å². The van der Waals surface area contributed by atoms with Crippen molar-refractivity contribution in [2.45, 2.75) is 33.1 Å². The molecular formula is C14H19BrO4. The number of hydrogen-bond donors (Lipinski definition) is 1. The van der Waals surface area contributed by atoms with E-state index in [2.05, 4.69) is 22.9 Å². The van der Waals surface area contributed by atoms with Gasteiger partial charge >= 0.3 is 5.97 Å². The summed E-state index contributed by atoms with van der Waals surface area (Å²) >= 11 is 3.34. The lowest BCUT2D eigenvalue weighted by Gasteiger charge is -2.14. The monoisotopic (exact) mass is 330 g/mol. The summed E-state index contributed by atoms with van der Waals surface area (Å²) in [4.78, 5) is 11.0. The molecule has 0 atom stereocenters. The summed E-state index contributed by atoms with van der Waals surface area (Å²) in [7, 11) is 0. The zero-order valence-electron chi connectivity index (χ0n) is 11.2. The zero-order valence-corrected chi connectivity index (χ0v) is 12.8. The smallest absolute Gasteiger partial charge is 0.335 e. The molecule has 1 N–H and O–H groups in total. The largest absolute Gasteiger partial charge is 0.490 e. The van der Waals surface area contributed by atoms with E-state index in [-0.39, 0.29) is 5.56 Å². The van der Waals surface area contributed by atoms with E-state index in [0.717, 1.165) is 19.3 Å². The fourth-order valence-electron chi connectivity index (χ4n) is 1.62. The minimum absolute atomic E-state index is 0.177. The van der Waals surface area contributed by atoms with Crippen LogP contribution in [0.4, 0.5) is 0 Å². The van der Waals surface area contributed by atoms with E-state index in [4.69, 9.17) is 14.6 Å². The average Bonchev–Trinajstić information content (AvgIpc) is 2.36. The Morgan fingerprint density at radius 3 is 2.58 bits per heavy atom. The van der Waals surface area contributed by atoms with Crippen LogP contribution in [-0.2, 0) is 0 Å². The molecule has 1 aromatic carbocycles. The first-order valence-electron chi connectivity index (χ1n) is 6.42. The number of carboxylic acid groups (broad SMARTS) is 1. The predicted octanol–water partition coefficient (Wildman–Crippen LogP) is 4.12. The van der Waals surface area contributed by atoms with E-state index in [9.17, 15) is 4.79 Å². The molecule has 0 bridgehead atoms. The van der Waals surface area contributed by atoms with E-state index in [0.29, 0.717) is 29.2 Å². The second-order valence-corrected chi connectivity index (χ2v) is 4.93. The minimum atomic E-state index is -0.987. The van der Waals surface area contributed by atoms with Gasteiger partial charge in [-0.1, -0.05) is 19.8 Å². The Balaban J connectivity index is 2.90. The highest BCUT2D eigenvalue weighted by atomic mass is 79.9. The number of carbonyl (C=O) groups is 1. The molecule has 0 aliphatic carbocycles. The van der Waals surface area contributed by atoms with E-state index in [1.54, 1.807) is 0 Å². The van der Waals surface area contributed by atoms with Gasteiger partial charge in [0.1, 0.15) is 0 Å². The van der Waals surface area contributed by atoms with Gasteiger partial charge in [-0.2, -0.15) is 0 Å². The summed E-state index contributed by atoms with van der Waals surface area (Å²) < 4.78 is 11.7. The van der Waals surface area contributed by atoms with Crippen LogP contribution in [0.3, 0.4) is 0 Å². The maximum Gasteiger partial charge on any atom is 0.335 e. The standard InChI is InChI=1S/C14H19BrO4/c1-3-5-6-7-19-13-11(15)8-10(14(16)17)9-12(13)18-4-2/h8-9H,3-7H2,1-2H3,(H,16,17). The number of unbranched alkanes of at least 4 members (excludes halogenated alkanes) is 2. The Morgan fingerprint density at radius 2 is 2.00 bits per heavy atom. The molecule has 0 spiro atoms. The van der Waals surface area contributed by atoms with Crippen molar-refractivity contribution in [1.29, 1.82) is 0 Å². The van der Waals surface area contributed by atoms with Gasteiger partial charge in [0.2, 0.25) is 0 Å². The Morgan fingerprint density at radius 1 is 1.26 bits per heavy atom. The van der Waals surface area contributed by atoms with E-state index >= 15 is 0 Å². The Hall–Kier alpha value is -1.23. The van der Waals surface area contributed by atoms with Crippen molar-refractivity contribution in [3.8, 4) is 11.5 Å². The Labute approximate surface area is 121 Å². The van der Waals surface area contributed by atoms with Crippen molar-refractivity contribution < 1.29 is 19.4 Å². The number of ether oxygens (including phenoxy) is 2. The zero-order chi connectivity index (χ0) is 14.3. The first kappa shape index (κ1) is 15.8. The van der Waals surface area contributed by atoms with Crippen LogP contribution in [0, 0.1) is 0 Å². The number of carboxylic acids is 1. The van der Waals surface area contributed by atoms with Gasteiger partial charge in [-0.05, 0) is 41.4 Å². The lowest BCUT2D eigenvalue weighted by atomic mass is 10.2. The van der Waals surface area contributed by atoms with Crippen LogP contribution in [0.15, 0.2) is 16.6 Å². The van der Waals surface area contributed by atoms with Gasteiger partial charge < -0.3 is 14.6 Å². The number of rotatable bonds is 8. The number of hydrogen-bond acceptors (Lipinski definition) is 3. The number of benzene rings is 1. The SMILES string of the molecule is CCCCCOc1c(Br)cc(C(=O)O)cc1OCC. The molecule has 0 radical (unpaired) electrons. The fourth-order valence-corrected chi connectivity index (χ4v) is 2.18. The second-order valence-electron chi connectivity index (χ2n) is 4.08. The van der Waals surface area contributed by atoms with Crippen molar-refractivity contribution >= 4 is 21.9 Å². The van der Waals surface area contributed by atoms with E-state index in [1.807, 2.05) is 6.92 Å². The third-order valence-electron chi connectivity index (χ3n) is 2.55. The molecule has 0 unspecified atom stereocenters. The Kier molecular flexibility index (Phi) is 6.70. The molecule has 0 aliphatic rings. The molecule has 0 fully saturated rings. The third-order valence-corrected chi connectivity index (χ3v) is 3.14. The minimum Gasteiger partial charge on any atom is -0.490 e. The molecule has 0 saturated carbocycles. The normalized spacial score (nSPS) is 10.3. The van der Waals surface area contributed by atoms with E-state index < -0.39 is 5.97 Å². The van der Waals surface area contributed by atoms with Gasteiger partial charge in [0, 0.05) is 0 Å².